The summed E-state index contributed by atoms with van der Waals surface area (Å²) in [5.74, 6) is 4.80. The molecule has 4 rings (SSSR count). The minimum atomic E-state index is -4.70. The molecule has 11 heteroatoms. The fourth-order valence-electron chi connectivity index (χ4n) is 3.82. The highest BCUT2D eigenvalue weighted by Gasteiger charge is 2.33. The van der Waals surface area contributed by atoms with Gasteiger partial charge in [-0.1, -0.05) is 17.9 Å². The van der Waals surface area contributed by atoms with Crippen molar-refractivity contribution in [3.63, 3.8) is 0 Å². The average molecular weight is 523 g/mol. The number of nitrogen functional groups attached to an aromatic ring is 1. The fourth-order valence-corrected chi connectivity index (χ4v) is 3.82. The van der Waals surface area contributed by atoms with Gasteiger partial charge in [-0.15, -0.1) is 0 Å². The van der Waals surface area contributed by atoms with Crippen LogP contribution in [-0.2, 0) is 6.18 Å². The van der Waals surface area contributed by atoms with Crippen LogP contribution in [0.4, 0.5) is 24.8 Å². The molecule has 2 heterocycles. The number of halogens is 3. The summed E-state index contributed by atoms with van der Waals surface area (Å²) in [6, 6.07) is 7.67. The highest BCUT2D eigenvalue weighted by molar-refractivity contribution is 6.05. The fraction of sp³-hybridized carbons (Fsp3) is 0.259. The Labute approximate surface area is 217 Å². The second-order valence-corrected chi connectivity index (χ2v) is 8.96. The van der Waals surface area contributed by atoms with Crippen LogP contribution >= 0.6 is 0 Å². The molecule has 1 aromatic heterocycles. The summed E-state index contributed by atoms with van der Waals surface area (Å²) in [6.45, 7) is 3.87. The van der Waals surface area contributed by atoms with Crippen molar-refractivity contribution in [1.29, 1.82) is 0 Å². The van der Waals surface area contributed by atoms with E-state index in [0.29, 0.717) is 37.3 Å². The maximum absolute atomic E-state index is 13.6. The predicted molar refractivity (Wildman–Crippen MR) is 136 cm³/mol. The highest BCUT2D eigenvalue weighted by atomic mass is 19.4. The standard InChI is InChI=1S/C27H25F3N6O2/c1-17-3-5-20(11-19(17)6-4-18-15-32-26(31)33-16-18)24(37)34-23-13-21(12-22(14-23)27(28,29)30)25(38)36-9-7-35(2)8-10-36/h3,5,11-16H,7-10H2,1-2H3,(H,34,37)(H2,31,32,33). The molecule has 8 nitrogen and oxygen atoms in total. The Bertz CT molecular complexity index is 1420. The molecule has 1 fully saturated rings. The maximum atomic E-state index is 13.6. The molecule has 0 bridgehead atoms. The second kappa shape index (κ2) is 10.9. The van der Waals surface area contributed by atoms with Gasteiger partial charge in [-0.05, 0) is 49.9 Å². The molecule has 1 aliphatic heterocycles. The Morgan fingerprint density at radius 1 is 0.974 bits per heavy atom. The summed E-state index contributed by atoms with van der Waals surface area (Å²) in [6.07, 6.45) is -1.76. The zero-order chi connectivity index (χ0) is 27.4. The van der Waals surface area contributed by atoms with Crippen LogP contribution in [0.15, 0.2) is 48.8 Å². The van der Waals surface area contributed by atoms with Crippen molar-refractivity contribution in [3.05, 3.63) is 82.2 Å². The molecule has 0 atom stereocenters. The Morgan fingerprint density at radius 3 is 2.32 bits per heavy atom. The number of nitrogens with two attached hydrogens (primary N) is 1. The number of anilines is 2. The third-order valence-corrected chi connectivity index (χ3v) is 6.07. The Hall–Kier alpha value is -4.43. The van der Waals surface area contributed by atoms with Crippen LogP contribution in [0.1, 0.15) is 43.0 Å². The lowest BCUT2D eigenvalue weighted by Gasteiger charge is -2.32. The van der Waals surface area contributed by atoms with Gasteiger partial charge in [-0.3, -0.25) is 9.59 Å². The highest BCUT2D eigenvalue weighted by Crippen LogP contribution is 2.32. The molecular formula is C27H25F3N6O2. The largest absolute Gasteiger partial charge is 0.416 e. The number of nitrogens with one attached hydrogen (secondary N) is 1. The van der Waals surface area contributed by atoms with Gasteiger partial charge in [-0.2, -0.15) is 13.2 Å². The first-order valence-corrected chi connectivity index (χ1v) is 11.7. The number of nitrogens with zero attached hydrogens (tertiary/aromatic N) is 4. The summed E-state index contributed by atoms with van der Waals surface area (Å²) < 4.78 is 40.9. The Morgan fingerprint density at radius 2 is 1.66 bits per heavy atom. The van der Waals surface area contributed by atoms with Gasteiger partial charge in [-0.25, -0.2) is 9.97 Å². The van der Waals surface area contributed by atoms with Gasteiger partial charge in [0.25, 0.3) is 11.8 Å². The normalized spacial score (nSPS) is 14.0. The molecule has 1 aliphatic rings. The number of benzene rings is 2. The van der Waals surface area contributed by atoms with Crippen molar-refractivity contribution in [2.24, 2.45) is 0 Å². The molecule has 2 amide bonds. The first-order chi connectivity index (χ1) is 18.0. The molecule has 3 aromatic rings. The van der Waals surface area contributed by atoms with Crippen LogP contribution in [-0.4, -0.2) is 64.8 Å². The quantitative estimate of drug-likeness (QED) is 0.511. The first-order valence-electron chi connectivity index (χ1n) is 11.7. The van der Waals surface area contributed by atoms with Crippen LogP contribution in [0.5, 0.6) is 0 Å². The lowest BCUT2D eigenvalue weighted by molar-refractivity contribution is -0.137. The molecule has 1 saturated heterocycles. The zero-order valence-corrected chi connectivity index (χ0v) is 20.8. The van der Waals surface area contributed by atoms with Gasteiger partial charge < -0.3 is 20.9 Å². The summed E-state index contributed by atoms with van der Waals surface area (Å²) in [7, 11) is 1.91. The predicted octanol–water partition coefficient (Wildman–Crippen LogP) is 3.43. The summed E-state index contributed by atoms with van der Waals surface area (Å²) >= 11 is 0. The minimum Gasteiger partial charge on any atom is -0.368 e. The van der Waals surface area contributed by atoms with Crippen molar-refractivity contribution < 1.29 is 22.8 Å². The van der Waals surface area contributed by atoms with Crippen molar-refractivity contribution in [3.8, 4) is 11.8 Å². The molecule has 0 saturated carbocycles. The topological polar surface area (TPSA) is 104 Å². The SMILES string of the molecule is Cc1ccc(C(=O)Nc2cc(C(=O)N3CCN(C)CC3)cc(C(F)(F)F)c2)cc1C#Cc1cnc(N)nc1. The van der Waals surface area contributed by atoms with Crippen LogP contribution < -0.4 is 11.1 Å². The van der Waals surface area contributed by atoms with E-state index in [-0.39, 0.29) is 22.8 Å². The van der Waals surface area contributed by atoms with E-state index in [1.807, 2.05) is 18.9 Å². The van der Waals surface area contributed by atoms with E-state index in [2.05, 4.69) is 27.1 Å². The number of piperazine rings is 1. The number of carbonyl (C=O) groups excluding carboxylic acids is 2. The summed E-state index contributed by atoms with van der Waals surface area (Å²) in [5.41, 5.74) is 6.25. The first kappa shape index (κ1) is 26.6. The van der Waals surface area contributed by atoms with Crippen LogP contribution in [0, 0.1) is 18.8 Å². The molecule has 0 unspecified atom stereocenters. The summed E-state index contributed by atoms with van der Waals surface area (Å²) in [5, 5.41) is 2.50. The Kier molecular flexibility index (Phi) is 7.64. The van der Waals surface area contributed by atoms with E-state index in [1.165, 1.54) is 23.4 Å². The van der Waals surface area contributed by atoms with E-state index in [9.17, 15) is 22.8 Å². The van der Waals surface area contributed by atoms with Gasteiger partial charge in [0.2, 0.25) is 5.95 Å². The van der Waals surface area contributed by atoms with Gasteiger partial charge in [0.15, 0.2) is 0 Å². The molecular weight excluding hydrogens is 497 g/mol. The zero-order valence-electron chi connectivity index (χ0n) is 20.8. The second-order valence-electron chi connectivity index (χ2n) is 8.96. The lowest BCUT2D eigenvalue weighted by Crippen LogP contribution is -2.47. The molecule has 0 spiro atoms. The molecule has 38 heavy (non-hydrogen) atoms. The molecule has 0 radical (unpaired) electrons. The van der Waals surface area contributed by atoms with E-state index in [1.54, 1.807) is 18.2 Å². The maximum Gasteiger partial charge on any atom is 0.416 e. The number of aromatic nitrogens is 2. The van der Waals surface area contributed by atoms with Gasteiger partial charge in [0.05, 0.1) is 11.1 Å². The van der Waals surface area contributed by atoms with Gasteiger partial charge in [0, 0.05) is 61.0 Å². The van der Waals surface area contributed by atoms with Crippen LogP contribution in [0.2, 0.25) is 0 Å². The third kappa shape index (κ3) is 6.46. The monoisotopic (exact) mass is 522 g/mol. The number of amides is 2. The number of hydrogen-bond acceptors (Lipinski definition) is 6. The van der Waals surface area contributed by atoms with E-state index < -0.39 is 23.6 Å². The number of hydrogen-bond donors (Lipinski definition) is 2. The number of likely N-dealkylation sites (N-methyl/N-ethyl adjacent to an activating group) is 1. The molecule has 196 valence electrons. The number of rotatable bonds is 3. The summed E-state index contributed by atoms with van der Waals surface area (Å²) in [4.78, 5) is 37.3. The van der Waals surface area contributed by atoms with Crippen LogP contribution in [0.3, 0.4) is 0 Å². The number of aryl methyl sites for hydroxylation is 1. The lowest BCUT2D eigenvalue weighted by atomic mass is 10.0. The van der Waals surface area contributed by atoms with E-state index in [0.717, 1.165) is 17.7 Å². The van der Waals surface area contributed by atoms with Crippen molar-refractivity contribution in [2.45, 2.75) is 13.1 Å². The average Bonchev–Trinajstić information content (AvgIpc) is 2.88. The molecule has 3 N–H and O–H groups in total. The van der Waals surface area contributed by atoms with Crippen molar-refractivity contribution in [1.82, 2.24) is 19.8 Å². The van der Waals surface area contributed by atoms with Gasteiger partial charge in [0.1, 0.15) is 0 Å². The van der Waals surface area contributed by atoms with E-state index >= 15 is 0 Å². The van der Waals surface area contributed by atoms with E-state index in [4.69, 9.17) is 5.73 Å². The van der Waals surface area contributed by atoms with Crippen molar-refractivity contribution in [2.75, 3.05) is 44.3 Å². The Balaban J connectivity index is 1.59. The third-order valence-electron chi connectivity index (χ3n) is 6.07. The smallest absolute Gasteiger partial charge is 0.368 e. The van der Waals surface area contributed by atoms with Gasteiger partial charge >= 0.3 is 6.18 Å². The number of alkyl halides is 3. The minimum absolute atomic E-state index is 0.119. The van der Waals surface area contributed by atoms with Crippen molar-refractivity contribution >= 4 is 23.5 Å². The molecule has 0 aliphatic carbocycles. The van der Waals surface area contributed by atoms with Crippen LogP contribution in [0.25, 0.3) is 0 Å². The number of carbonyl (C=O) groups is 2. The molecule has 2 aromatic carbocycles.